The molecule has 5 unspecified atom stereocenters. The summed E-state index contributed by atoms with van der Waals surface area (Å²) in [6.07, 6.45) is 4.83. The normalized spacial score (nSPS) is 33.4. The third-order valence-electron chi connectivity index (χ3n) is 7.80. The zero-order valence-electron chi connectivity index (χ0n) is 18.9. The van der Waals surface area contributed by atoms with Crippen molar-refractivity contribution in [3.8, 4) is 0 Å². The van der Waals surface area contributed by atoms with Gasteiger partial charge in [-0.1, -0.05) is 30.3 Å². The van der Waals surface area contributed by atoms with E-state index in [2.05, 4.69) is 30.9 Å². The molecule has 0 radical (unpaired) electrons. The van der Waals surface area contributed by atoms with E-state index in [1.54, 1.807) is 0 Å². The Balaban J connectivity index is 1.66. The van der Waals surface area contributed by atoms with E-state index in [1.807, 2.05) is 23.1 Å². The van der Waals surface area contributed by atoms with Gasteiger partial charge in [0.05, 0.1) is 13.5 Å². The zero-order valence-corrected chi connectivity index (χ0v) is 18.9. The Kier molecular flexibility index (Phi) is 6.20. The van der Waals surface area contributed by atoms with Gasteiger partial charge in [-0.05, 0) is 51.5 Å². The van der Waals surface area contributed by atoms with Gasteiger partial charge < -0.3 is 9.64 Å². The number of likely N-dealkylation sites (tertiary alicyclic amines) is 1. The summed E-state index contributed by atoms with van der Waals surface area (Å²) >= 11 is 0. The number of esters is 1. The average Bonchev–Trinajstić information content (AvgIpc) is 3.07. The molecule has 168 valence electrons. The summed E-state index contributed by atoms with van der Waals surface area (Å²) in [5.41, 5.74) is -0.262. The minimum absolute atomic E-state index is 0.0874. The van der Waals surface area contributed by atoms with Crippen LogP contribution in [0.5, 0.6) is 0 Å². The second-order valence-electron chi connectivity index (χ2n) is 9.60. The number of piperidine rings is 2. The Morgan fingerprint density at radius 3 is 2.39 bits per heavy atom. The largest absolute Gasteiger partial charge is 0.468 e. The molecule has 4 rings (SSSR count). The molecule has 3 heterocycles. The Bertz CT molecular complexity index is 831. The molecule has 0 aromatic heterocycles. The second-order valence-corrected chi connectivity index (χ2v) is 9.60. The lowest BCUT2D eigenvalue weighted by Gasteiger charge is -2.47. The summed E-state index contributed by atoms with van der Waals surface area (Å²) in [5.74, 6) is -0.767. The van der Waals surface area contributed by atoms with Crippen LogP contribution in [0.2, 0.25) is 0 Å². The summed E-state index contributed by atoms with van der Waals surface area (Å²) < 4.78 is 5.20. The van der Waals surface area contributed by atoms with Crippen molar-refractivity contribution in [1.82, 2.24) is 9.80 Å². The molecule has 0 saturated carbocycles. The Morgan fingerprint density at radius 2 is 1.74 bits per heavy atom. The molecular formula is C25H34N2O4. The lowest BCUT2D eigenvalue weighted by atomic mass is 9.69. The number of carbonyl (C=O) groups is 3. The minimum atomic E-state index is -1.41. The number of amides is 1. The molecule has 3 fully saturated rings. The standard InChI is InChI=1S/C25H34N2O4/c1-17-8-7-9-18(2)27(17)23(29)15-25(24(30)31-3)21-13-12-20(14-22(25)28)26(21)16-19-10-5-4-6-11-19/h4-6,10-11,17-18,20-21H,7-9,12-16H2,1-3H3. The monoisotopic (exact) mass is 426 g/mol. The first-order valence-corrected chi connectivity index (χ1v) is 11.6. The number of ketones is 1. The number of rotatable bonds is 5. The van der Waals surface area contributed by atoms with Gasteiger partial charge in [-0.3, -0.25) is 19.3 Å². The summed E-state index contributed by atoms with van der Waals surface area (Å²) in [7, 11) is 1.33. The van der Waals surface area contributed by atoms with Crippen molar-refractivity contribution in [2.24, 2.45) is 5.41 Å². The van der Waals surface area contributed by atoms with Gasteiger partial charge in [0.2, 0.25) is 5.91 Å². The molecular weight excluding hydrogens is 392 g/mol. The van der Waals surface area contributed by atoms with Gasteiger partial charge in [0.15, 0.2) is 11.2 Å². The lowest BCUT2D eigenvalue weighted by Crippen LogP contribution is -2.62. The van der Waals surface area contributed by atoms with Crippen LogP contribution in [0.4, 0.5) is 0 Å². The van der Waals surface area contributed by atoms with E-state index in [-0.39, 0.29) is 42.3 Å². The van der Waals surface area contributed by atoms with Gasteiger partial charge in [-0.15, -0.1) is 0 Å². The number of ether oxygens (including phenoxy) is 1. The number of benzene rings is 1. The average molecular weight is 427 g/mol. The number of nitrogens with zero attached hydrogens (tertiary/aromatic N) is 2. The molecule has 5 atom stereocenters. The van der Waals surface area contributed by atoms with Gasteiger partial charge in [0.25, 0.3) is 0 Å². The van der Waals surface area contributed by atoms with E-state index in [4.69, 9.17) is 4.74 Å². The number of Topliss-reactive ketones (excluding diaryl/α,β-unsaturated/α-hetero) is 1. The molecule has 0 spiro atoms. The van der Waals surface area contributed by atoms with E-state index >= 15 is 0 Å². The van der Waals surface area contributed by atoms with Gasteiger partial charge in [0, 0.05) is 37.1 Å². The number of carbonyl (C=O) groups excluding carboxylic acids is 3. The van der Waals surface area contributed by atoms with Crippen LogP contribution in [0.1, 0.15) is 64.4 Å². The number of hydrogen-bond acceptors (Lipinski definition) is 5. The topological polar surface area (TPSA) is 66.9 Å². The maximum atomic E-state index is 13.5. The molecule has 3 aliphatic rings. The van der Waals surface area contributed by atoms with E-state index in [0.717, 1.165) is 37.7 Å². The molecule has 0 N–H and O–H groups in total. The molecule has 0 aliphatic carbocycles. The number of methoxy groups -OCH3 is 1. The third kappa shape index (κ3) is 3.79. The van der Waals surface area contributed by atoms with Crippen molar-refractivity contribution in [2.75, 3.05) is 7.11 Å². The summed E-state index contributed by atoms with van der Waals surface area (Å²) in [4.78, 5) is 44.4. The van der Waals surface area contributed by atoms with Crippen LogP contribution >= 0.6 is 0 Å². The first-order valence-electron chi connectivity index (χ1n) is 11.6. The Labute approximate surface area is 184 Å². The highest BCUT2D eigenvalue weighted by Gasteiger charge is 2.62. The predicted octanol–water partition coefficient (Wildman–Crippen LogP) is 3.33. The molecule has 2 bridgehead atoms. The minimum Gasteiger partial charge on any atom is -0.468 e. The maximum Gasteiger partial charge on any atom is 0.321 e. The molecule has 1 aromatic carbocycles. The van der Waals surface area contributed by atoms with Crippen LogP contribution in [0.25, 0.3) is 0 Å². The fourth-order valence-corrected chi connectivity index (χ4v) is 6.26. The van der Waals surface area contributed by atoms with Gasteiger partial charge >= 0.3 is 5.97 Å². The van der Waals surface area contributed by atoms with E-state index < -0.39 is 11.4 Å². The van der Waals surface area contributed by atoms with E-state index in [1.165, 1.54) is 7.11 Å². The summed E-state index contributed by atoms with van der Waals surface area (Å²) in [6, 6.07) is 10.2. The van der Waals surface area contributed by atoms with Crippen molar-refractivity contribution in [3.05, 3.63) is 35.9 Å². The fraction of sp³-hybridized carbons (Fsp3) is 0.640. The summed E-state index contributed by atoms with van der Waals surface area (Å²) in [5, 5.41) is 0. The lowest BCUT2D eigenvalue weighted by molar-refractivity contribution is -0.172. The van der Waals surface area contributed by atoms with Gasteiger partial charge in [0.1, 0.15) is 0 Å². The zero-order chi connectivity index (χ0) is 22.2. The predicted molar refractivity (Wildman–Crippen MR) is 117 cm³/mol. The Hall–Kier alpha value is -2.21. The molecule has 3 aliphatic heterocycles. The first-order chi connectivity index (χ1) is 14.9. The third-order valence-corrected chi connectivity index (χ3v) is 7.80. The molecule has 1 aromatic rings. The van der Waals surface area contributed by atoms with Crippen molar-refractivity contribution in [2.45, 2.75) is 89.5 Å². The molecule has 6 nitrogen and oxygen atoms in total. The molecule has 3 saturated heterocycles. The van der Waals surface area contributed by atoms with Crippen LogP contribution in [0, 0.1) is 5.41 Å². The number of fused-ring (bicyclic) bond motifs is 2. The smallest absolute Gasteiger partial charge is 0.321 e. The molecule has 6 heteroatoms. The Morgan fingerprint density at radius 1 is 1.06 bits per heavy atom. The van der Waals surface area contributed by atoms with Crippen LogP contribution in [-0.4, -0.2) is 58.7 Å². The fourth-order valence-electron chi connectivity index (χ4n) is 6.26. The van der Waals surface area contributed by atoms with Crippen molar-refractivity contribution in [1.29, 1.82) is 0 Å². The van der Waals surface area contributed by atoms with Crippen molar-refractivity contribution >= 4 is 17.7 Å². The van der Waals surface area contributed by atoms with Crippen LogP contribution in [-0.2, 0) is 25.7 Å². The molecule has 31 heavy (non-hydrogen) atoms. The van der Waals surface area contributed by atoms with E-state index in [9.17, 15) is 14.4 Å². The van der Waals surface area contributed by atoms with Gasteiger partial charge in [-0.2, -0.15) is 0 Å². The van der Waals surface area contributed by atoms with Gasteiger partial charge in [-0.25, -0.2) is 0 Å². The van der Waals surface area contributed by atoms with Crippen molar-refractivity contribution in [3.63, 3.8) is 0 Å². The van der Waals surface area contributed by atoms with E-state index in [0.29, 0.717) is 13.0 Å². The van der Waals surface area contributed by atoms with Crippen LogP contribution in [0.15, 0.2) is 30.3 Å². The van der Waals surface area contributed by atoms with Crippen molar-refractivity contribution < 1.29 is 19.1 Å². The SMILES string of the molecule is COC(=O)C1(CC(=O)N2C(C)CCCC2C)C(=O)CC2CCC1N2Cc1ccccc1. The quantitative estimate of drug-likeness (QED) is 0.534. The highest BCUT2D eigenvalue weighted by atomic mass is 16.5. The molecule has 1 amide bonds. The summed E-state index contributed by atoms with van der Waals surface area (Å²) in [6.45, 7) is 4.80. The second kappa shape index (κ2) is 8.73. The number of hydrogen-bond donors (Lipinski definition) is 0. The van der Waals surface area contributed by atoms with Crippen LogP contribution < -0.4 is 0 Å². The maximum absolute atomic E-state index is 13.5. The highest BCUT2D eigenvalue weighted by molar-refractivity contribution is 6.08. The highest BCUT2D eigenvalue weighted by Crippen LogP contribution is 2.48. The first kappa shape index (κ1) is 22.0. The van der Waals surface area contributed by atoms with Crippen LogP contribution in [0.3, 0.4) is 0 Å².